The lowest BCUT2D eigenvalue weighted by molar-refractivity contribution is -0.151. The van der Waals surface area contributed by atoms with Crippen molar-refractivity contribution in [2.75, 3.05) is 32.8 Å². The van der Waals surface area contributed by atoms with Crippen molar-refractivity contribution < 1.29 is 19.1 Å². The zero-order valence-corrected chi connectivity index (χ0v) is 12.8. The number of amides is 3. The molecule has 7 heteroatoms. The van der Waals surface area contributed by atoms with Crippen LogP contribution in [0.2, 0.25) is 0 Å². The molecule has 0 aliphatic carbocycles. The molecule has 0 saturated carbocycles. The van der Waals surface area contributed by atoms with E-state index in [1.165, 1.54) is 0 Å². The van der Waals surface area contributed by atoms with Crippen LogP contribution in [0.15, 0.2) is 0 Å². The molecule has 3 fully saturated rings. The predicted octanol–water partition coefficient (Wildman–Crippen LogP) is -0.495. The molecule has 0 aromatic rings. The molecule has 3 saturated heterocycles. The SMILES string of the molecule is O=C1CCC(C(=O)N2CCCCC2C(=O)N2CCOCC2)N1. The summed E-state index contributed by atoms with van der Waals surface area (Å²) >= 11 is 0. The van der Waals surface area contributed by atoms with Gasteiger partial charge in [-0.15, -0.1) is 0 Å². The number of hydrogen-bond donors (Lipinski definition) is 1. The molecular weight excluding hydrogens is 286 g/mol. The highest BCUT2D eigenvalue weighted by atomic mass is 16.5. The Morgan fingerprint density at radius 3 is 2.50 bits per heavy atom. The fourth-order valence-corrected chi connectivity index (χ4v) is 3.45. The van der Waals surface area contributed by atoms with Gasteiger partial charge in [0, 0.05) is 26.1 Å². The lowest BCUT2D eigenvalue weighted by Gasteiger charge is -2.39. The topological polar surface area (TPSA) is 79.0 Å². The zero-order valence-electron chi connectivity index (χ0n) is 12.8. The van der Waals surface area contributed by atoms with E-state index in [1.54, 1.807) is 9.80 Å². The highest BCUT2D eigenvalue weighted by molar-refractivity contribution is 5.94. The second-order valence-electron chi connectivity index (χ2n) is 6.14. The Labute approximate surface area is 129 Å². The molecule has 1 N–H and O–H groups in total. The third kappa shape index (κ3) is 3.09. The molecule has 3 amide bonds. The second kappa shape index (κ2) is 6.64. The highest BCUT2D eigenvalue weighted by Gasteiger charge is 2.39. The summed E-state index contributed by atoms with van der Waals surface area (Å²) in [6.45, 7) is 2.91. The quantitative estimate of drug-likeness (QED) is 0.746. The van der Waals surface area contributed by atoms with E-state index in [4.69, 9.17) is 4.74 Å². The van der Waals surface area contributed by atoms with Crippen LogP contribution in [-0.2, 0) is 19.1 Å². The third-order valence-electron chi connectivity index (χ3n) is 4.69. The summed E-state index contributed by atoms with van der Waals surface area (Å²) in [5, 5.41) is 2.71. The monoisotopic (exact) mass is 309 g/mol. The molecular formula is C15H23N3O4. The van der Waals surface area contributed by atoms with Gasteiger partial charge >= 0.3 is 0 Å². The molecule has 22 heavy (non-hydrogen) atoms. The normalized spacial score (nSPS) is 29.4. The minimum atomic E-state index is -0.453. The summed E-state index contributed by atoms with van der Waals surface area (Å²) in [5.41, 5.74) is 0. The van der Waals surface area contributed by atoms with Crippen LogP contribution in [0.5, 0.6) is 0 Å². The number of piperidine rings is 1. The molecule has 0 aromatic heterocycles. The molecule has 0 bridgehead atoms. The molecule has 2 atom stereocenters. The van der Waals surface area contributed by atoms with Gasteiger partial charge in [0.05, 0.1) is 13.2 Å². The number of rotatable bonds is 2. The summed E-state index contributed by atoms with van der Waals surface area (Å²) in [6, 6.07) is -0.831. The first-order chi connectivity index (χ1) is 10.7. The van der Waals surface area contributed by atoms with Gasteiger partial charge in [-0.1, -0.05) is 0 Å². The molecule has 3 rings (SSSR count). The van der Waals surface area contributed by atoms with E-state index in [9.17, 15) is 14.4 Å². The Morgan fingerprint density at radius 1 is 1.05 bits per heavy atom. The van der Waals surface area contributed by atoms with E-state index in [0.717, 1.165) is 12.8 Å². The number of morpholine rings is 1. The Balaban J connectivity index is 1.68. The van der Waals surface area contributed by atoms with Gasteiger partial charge in [-0.05, 0) is 25.7 Å². The van der Waals surface area contributed by atoms with E-state index in [0.29, 0.717) is 52.1 Å². The lowest BCUT2D eigenvalue weighted by atomic mass is 9.99. The summed E-state index contributed by atoms with van der Waals surface area (Å²) in [6.07, 6.45) is 3.52. The van der Waals surface area contributed by atoms with Crippen molar-refractivity contribution in [3.63, 3.8) is 0 Å². The van der Waals surface area contributed by atoms with Crippen LogP contribution < -0.4 is 5.32 Å². The number of nitrogens with one attached hydrogen (secondary N) is 1. The predicted molar refractivity (Wildman–Crippen MR) is 77.9 cm³/mol. The number of hydrogen-bond acceptors (Lipinski definition) is 4. The maximum absolute atomic E-state index is 12.7. The van der Waals surface area contributed by atoms with E-state index in [-0.39, 0.29) is 23.8 Å². The maximum atomic E-state index is 12.7. The van der Waals surface area contributed by atoms with E-state index in [2.05, 4.69) is 5.32 Å². The fourth-order valence-electron chi connectivity index (χ4n) is 3.45. The van der Waals surface area contributed by atoms with Crippen molar-refractivity contribution in [3.8, 4) is 0 Å². The smallest absolute Gasteiger partial charge is 0.245 e. The lowest BCUT2D eigenvalue weighted by Crippen LogP contribution is -2.58. The van der Waals surface area contributed by atoms with Crippen LogP contribution in [0.25, 0.3) is 0 Å². The molecule has 3 aliphatic heterocycles. The maximum Gasteiger partial charge on any atom is 0.245 e. The molecule has 0 radical (unpaired) electrons. The Bertz CT molecular complexity index is 462. The third-order valence-corrected chi connectivity index (χ3v) is 4.69. The van der Waals surface area contributed by atoms with E-state index >= 15 is 0 Å². The first kappa shape index (κ1) is 15.3. The van der Waals surface area contributed by atoms with Gasteiger partial charge in [0.1, 0.15) is 12.1 Å². The van der Waals surface area contributed by atoms with Gasteiger partial charge in [0.15, 0.2) is 0 Å². The van der Waals surface area contributed by atoms with Gasteiger partial charge in [0.25, 0.3) is 0 Å². The summed E-state index contributed by atoms with van der Waals surface area (Å²) in [7, 11) is 0. The van der Waals surface area contributed by atoms with Crippen LogP contribution in [0.3, 0.4) is 0 Å². The van der Waals surface area contributed by atoms with Crippen molar-refractivity contribution >= 4 is 17.7 Å². The summed E-state index contributed by atoms with van der Waals surface area (Å²) in [4.78, 5) is 40.2. The van der Waals surface area contributed by atoms with Crippen molar-refractivity contribution in [1.82, 2.24) is 15.1 Å². The van der Waals surface area contributed by atoms with Crippen LogP contribution in [0, 0.1) is 0 Å². The second-order valence-corrected chi connectivity index (χ2v) is 6.14. The number of ether oxygens (including phenoxy) is 1. The number of likely N-dealkylation sites (tertiary alicyclic amines) is 1. The van der Waals surface area contributed by atoms with Gasteiger partial charge in [-0.25, -0.2) is 0 Å². The van der Waals surface area contributed by atoms with Crippen LogP contribution in [0.4, 0.5) is 0 Å². The van der Waals surface area contributed by atoms with Crippen LogP contribution in [0.1, 0.15) is 32.1 Å². The van der Waals surface area contributed by atoms with Gasteiger partial charge in [0.2, 0.25) is 17.7 Å². The van der Waals surface area contributed by atoms with Crippen LogP contribution in [-0.4, -0.2) is 72.5 Å². The minimum Gasteiger partial charge on any atom is -0.378 e. The number of carbonyl (C=O) groups is 3. The number of carbonyl (C=O) groups excluding carboxylic acids is 3. The Hall–Kier alpha value is -1.63. The highest BCUT2D eigenvalue weighted by Crippen LogP contribution is 2.22. The Kier molecular flexibility index (Phi) is 4.61. The molecule has 122 valence electrons. The van der Waals surface area contributed by atoms with Crippen molar-refractivity contribution in [2.24, 2.45) is 0 Å². The van der Waals surface area contributed by atoms with Gasteiger partial charge in [-0.2, -0.15) is 0 Å². The van der Waals surface area contributed by atoms with Crippen LogP contribution >= 0.6 is 0 Å². The standard InChI is InChI=1S/C15H23N3O4/c19-13-5-4-11(16-13)14(20)18-6-2-1-3-12(18)15(21)17-7-9-22-10-8-17/h11-12H,1-10H2,(H,16,19). The average Bonchev–Trinajstić information content (AvgIpc) is 3.01. The fraction of sp³-hybridized carbons (Fsp3) is 0.800. The van der Waals surface area contributed by atoms with E-state index < -0.39 is 6.04 Å². The van der Waals surface area contributed by atoms with E-state index in [1.807, 2.05) is 0 Å². The first-order valence-corrected chi connectivity index (χ1v) is 8.13. The Morgan fingerprint density at radius 2 is 1.82 bits per heavy atom. The summed E-state index contributed by atoms with van der Waals surface area (Å²) < 4.78 is 5.28. The molecule has 2 unspecified atom stereocenters. The largest absolute Gasteiger partial charge is 0.378 e. The molecule has 3 heterocycles. The van der Waals surface area contributed by atoms with Crippen molar-refractivity contribution in [3.05, 3.63) is 0 Å². The molecule has 0 aromatic carbocycles. The average molecular weight is 309 g/mol. The first-order valence-electron chi connectivity index (χ1n) is 8.13. The molecule has 0 spiro atoms. The summed E-state index contributed by atoms with van der Waals surface area (Å²) in [5.74, 6) is -0.149. The number of nitrogens with zero attached hydrogens (tertiary/aromatic N) is 2. The van der Waals surface area contributed by atoms with Gasteiger partial charge in [-0.3, -0.25) is 14.4 Å². The van der Waals surface area contributed by atoms with Crippen molar-refractivity contribution in [1.29, 1.82) is 0 Å². The van der Waals surface area contributed by atoms with Crippen molar-refractivity contribution in [2.45, 2.75) is 44.2 Å². The molecule has 7 nitrogen and oxygen atoms in total. The van der Waals surface area contributed by atoms with Gasteiger partial charge < -0.3 is 19.9 Å². The zero-order chi connectivity index (χ0) is 15.5. The minimum absolute atomic E-state index is 0.0284. The molecule has 3 aliphatic rings.